The van der Waals surface area contributed by atoms with Gasteiger partial charge in [-0.1, -0.05) is 79.2 Å². The van der Waals surface area contributed by atoms with Crippen LogP contribution >= 0.6 is 0 Å². The van der Waals surface area contributed by atoms with Crippen molar-refractivity contribution in [3.63, 3.8) is 0 Å². The summed E-state index contributed by atoms with van der Waals surface area (Å²) in [6.07, 6.45) is -0.561. The largest absolute Gasteiger partial charge is 0.425 e. The zero-order chi connectivity index (χ0) is 32.3. The number of esters is 2. The third-order valence-electron chi connectivity index (χ3n) is 6.76. The first-order valence-corrected chi connectivity index (χ1v) is 15.3. The normalized spacial score (nSPS) is 12.8. The predicted molar refractivity (Wildman–Crippen MR) is 174 cm³/mol. The quantitative estimate of drug-likeness (QED) is 0.154. The van der Waals surface area contributed by atoms with Gasteiger partial charge in [0.2, 0.25) is 6.29 Å². The number of rotatable bonds is 15. The first kappa shape index (κ1) is 35.6. The molecule has 1 unspecified atom stereocenters. The number of aryl methyl sites for hydroxylation is 2. The Morgan fingerprint density at radius 1 is 0.814 bits per heavy atom. The number of urea groups is 1. The SMILES string of the molecule is Cc1ccc(NC(=O)Nc2cc(CCC(=O)OC(OC(=O)[C@@H](N)C(C)C)C(C)C)ccc2N(CC(C)C)CC(C)C)cc1. The molecule has 0 aliphatic heterocycles. The summed E-state index contributed by atoms with van der Waals surface area (Å²) >= 11 is 0. The minimum absolute atomic E-state index is 0.0764. The van der Waals surface area contributed by atoms with Crippen LogP contribution in [-0.2, 0) is 25.5 Å². The molecule has 4 N–H and O–H groups in total. The van der Waals surface area contributed by atoms with Crippen molar-refractivity contribution in [3.8, 4) is 0 Å². The molecule has 0 aliphatic carbocycles. The first-order valence-electron chi connectivity index (χ1n) is 15.3. The lowest BCUT2D eigenvalue weighted by molar-refractivity contribution is -0.197. The highest BCUT2D eigenvalue weighted by atomic mass is 16.7. The van der Waals surface area contributed by atoms with Crippen LogP contribution in [0.5, 0.6) is 0 Å². The summed E-state index contributed by atoms with van der Waals surface area (Å²) in [5.41, 5.74) is 10.1. The lowest BCUT2D eigenvalue weighted by Gasteiger charge is -2.30. The van der Waals surface area contributed by atoms with E-state index in [0.717, 1.165) is 29.9 Å². The predicted octanol–water partition coefficient (Wildman–Crippen LogP) is 6.74. The number of anilines is 3. The maximum absolute atomic E-state index is 13.1. The molecule has 2 aromatic rings. The molecule has 2 atom stereocenters. The summed E-state index contributed by atoms with van der Waals surface area (Å²) in [6, 6.07) is 12.3. The second-order valence-corrected chi connectivity index (χ2v) is 12.8. The van der Waals surface area contributed by atoms with Crippen LogP contribution in [0.25, 0.3) is 0 Å². The number of benzene rings is 2. The van der Waals surface area contributed by atoms with E-state index in [2.05, 4.69) is 43.2 Å². The van der Waals surface area contributed by atoms with E-state index in [1.165, 1.54) is 0 Å². The number of ether oxygens (including phenoxy) is 2. The molecule has 0 aliphatic rings. The van der Waals surface area contributed by atoms with E-state index < -0.39 is 24.3 Å². The van der Waals surface area contributed by atoms with Crippen molar-refractivity contribution < 1.29 is 23.9 Å². The second kappa shape index (κ2) is 16.9. The molecule has 2 amide bonds. The molecule has 0 spiro atoms. The highest BCUT2D eigenvalue weighted by Gasteiger charge is 2.27. The Bertz CT molecular complexity index is 1180. The fourth-order valence-corrected chi connectivity index (χ4v) is 4.39. The van der Waals surface area contributed by atoms with Crippen molar-refractivity contribution in [1.82, 2.24) is 0 Å². The summed E-state index contributed by atoms with van der Waals surface area (Å²) < 4.78 is 10.9. The van der Waals surface area contributed by atoms with Crippen LogP contribution in [-0.4, -0.2) is 43.4 Å². The first-order chi connectivity index (χ1) is 20.2. The lowest BCUT2D eigenvalue weighted by atomic mass is 10.0. The molecule has 238 valence electrons. The summed E-state index contributed by atoms with van der Waals surface area (Å²) in [7, 11) is 0. The highest BCUT2D eigenvalue weighted by molar-refractivity contribution is 6.02. The zero-order valence-corrected chi connectivity index (χ0v) is 27.4. The highest BCUT2D eigenvalue weighted by Crippen LogP contribution is 2.30. The number of nitrogens with two attached hydrogens (primary N) is 1. The van der Waals surface area contributed by atoms with Gasteiger partial charge in [-0.2, -0.15) is 0 Å². The van der Waals surface area contributed by atoms with Gasteiger partial charge >= 0.3 is 18.0 Å². The van der Waals surface area contributed by atoms with Crippen molar-refractivity contribution >= 4 is 35.0 Å². The van der Waals surface area contributed by atoms with Crippen molar-refractivity contribution in [2.75, 3.05) is 28.6 Å². The van der Waals surface area contributed by atoms with Gasteiger partial charge < -0.3 is 30.7 Å². The van der Waals surface area contributed by atoms with Gasteiger partial charge in [0, 0.05) is 31.1 Å². The van der Waals surface area contributed by atoms with E-state index in [9.17, 15) is 14.4 Å². The number of hydrogen-bond donors (Lipinski definition) is 3. The summed E-state index contributed by atoms with van der Waals surface area (Å²) in [5.74, 6) is -0.577. The third kappa shape index (κ3) is 12.3. The molecule has 9 nitrogen and oxygen atoms in total. The Labute approximate surface area is 257 Å². The molecule has 0 saturated carbocycles. The van der Waals surface area contributed by atoms with Gasteiger partial charge in [0.15, 0.2) is 0 Å². The monoisotopic (exact) mass is 596 g/mol. The van der Waals surface area contributed by atoms with E-state index in [-0.39, 0.29) is 24.3 Å². The van der Waals surface area contributed by atoms with Crippen molar-refractivity contribution in [3.05, 3.63) is 53.6 Å². The minimum atomic E-state index is -1.02. The number of carbonyl (C=O) groups excluding carboxylic acids is 3. The molecule has 0 saturated heterocycles. The van der Waals surface area contributed by atoms with Gasteiger partial charge in [0.05, 0.1) is 11.4 Å². The average molecular weight is 597 g/mol. The van der Waals surface area contributed by atoms with Gasteiger partial charge in [0.1, 0.15) is 6.04 Å². The van der Waals surface area contributed by atoms with Crippen LogP contribution < -0.4 is 21.3 Å². The molecule has 0 bridgehead atoms. The summed E-state index contributed by atoms with van der Waals surface area (Å²) in [5, 5.41) is 5.94. The third-order valence-corrected chi connectivity index (χ3v) is 6.76. The Balaban J connectivity index is 2.23. The van der Waals surface area contributed by atoms with Crippen molar-refractivity contribution in [1.29, 1.82) is 0 Å². The molecule has 9 heteroatoms. The van der Waals surface area contributed by atoms with Crippen LogP contribution in [0.1, 0.15) is 72.9 Å². The van der Waals surface area contributed by atoms with Crippen LogP contribution in [0, 0.1) is 30.6 Å². The topological polar surface area (TPSA) is 123 Å². The molecule has 0 fully saturated rings. The molecule has 0 heterocycles. The van der Waals surface area contributed by atoms with Gasteiger partial charge in [-0.3, -0.25) is 9.59 Å². The molecule has 2 aromatic carbocycles. The van der Waals surface area contributed by atoms with Gasteiger partial charge in [0.25, 0.3) is 0 Å². The smallest absolute Gasteiger partial charge is 0.326 e. The van der Waals surface area contributed by atoms with E-state index in [4.69, 9.17) is 15.2 Å². The molecule has 0 radical (unpaired) electrons. The number of hydrogen-bond acceptors (Lipinski definition) is 7. The molecular formula is C34H52N4O5. The Hall–Kier alpha value is -3.59. The van der Waals surface area contributed by atoms with Gasteiger partial charge in [-0.25, -0.2) is 4.79 Å². The van der Waals surface area contributed by atoms with Crippen LogP contribution in [0.2, 0.25) is 0 Å². The number of nitrogens with one attached hydrogen (secondary N) is 2. The molecule has 43 heavy (non-hydrogen) atoms. The van der Waals surface area contributed by atoms with E-state index >= 15 is 0 Å². The fourth-order valence-electron chi connectivity index (χ4n) is 4.39. The zero-order valence-electron chi connectivity index (χ0n) is 27.4. The minimum Gasteiger partial charge on any atom is -0.425 e. The Kier molecular flexibility index (Phi) is 14.0. The van der Waals surface area contributed by atoms with Gasteiger partial charge in [-0.05, 0) is 60.9 Å². The number of nitrogens with zero attached hydrogens (tertiary/aromatic N) is 1. The van der Waals surface area contributed by atoms with Crippen LogP contribution in [0.15, 0.2) is 42.5 Å². The molecule has 0 aromatic heterocycles. The maximum Gasteiger partial charge on any atom is 0.326 e. The Morgan fingerprint density at radius 2 is 1.42 bits per heavy atom. The molecular weight excluding hydrogens is 544 g/mol. The van der Waals surface area contributed by atoms with Crippen molar-refractivity contribution in [2.45, 2.75) is 87.5 Å². The van der Waals surface area contributed by atoms with Crippen LogP contribution in [0.3, 0.4) is 0 Å². The standard InChI is InChI=1S/C34H52N4O5/c1-21(2)19-38(20-22(3)4)29-16-12-26(18-28(29)37-34(41)36-27-14-10-25(9)11-15-27)13-17-30(39)42-33(24(7)8)43-32(40)31(35)23(5)6/h10-12,14-16,18,21-24,31,33H,13,17,19-20,35H2,1-9H3,(H2,36,37,41)/t31-,33?/m0/s1. The molecule has 2 rings (SSSR count). The summed E-state index contributed by atoms with van der Waals surface area (Å²) in [6.45, 7) is 19.6. The van der Waals surface area contributed by atoms with E-state index in [1.54, 1.807) is 0 Å². The van der Waals surface area contributed by atoms with Crippen LogP contribution in [0.4, 0.5) is 21.9 Å². The number of amides is 2. The van der Waals surface area contributed by atoms with Crippen molar-refractivity contribution in [2.24, 2.45) is 29.4 Å². The lowest BCUT2D eigenvalue weighted by Crippen LogP contribution is -2.41. The van der Waals surface area contributed by atoms with E-state index in [1.807, 2.05) is 77.1 Å². The van der Waals surface area contributed by atoms with E-state index in [0.29, 0.717) is 29.6 Å². The van der Waals surface area contributed by atoms with Gasteiger partial charge in [-0.15, -0.1) is 0 Å². The Morgan fingerprint density at radius 3 is 1.95 bits per heavy atom. The fraction of sp³-hybridized carbons (Fsp3) is 0.559. The maximum atomic E-state index is 13.1. The summed E-state index contributed by atoms with van der Waals surface area (Å²) in [4.78, 5) is 40.5. The second-order valence-electron chi connectivity index (χ2n) is 12.8. The average Bonchev–Trinajstić information content (AvgIpc) is 2.91. The number of carbonyl (C=O) groups is 3.